The van der Waals surface area contributed by atoms with Crippen molar-refractivity contribution >= 4 is 28.7 Å². The van der Waals surface area contributed by atoms with E-state index in [4.69, 9.17) is 0 Å². The van der Waals surface area contributed by atoms with Gasteiger partial charge in [-0.1, -0.05) is 18.2 Å². The number of carbonyl (C=O) groups excluding carboxylic acids is 1. The number of benzene rings is 1. The van der Waals surface area contributed by atoms with Crippen molar-refractivity contribution in [1.82, 2.24) is 25.1 Å². The number of nitrogens with one attached hydrogen (secondary N) is 1. The van der Waals surface area contributed by atoms with Gasteiger partial charge in [0.1, 0.15) is 11.6 Å². The van der Waals surface area contributed by atoms with Gasteiger partial charge in [-0.05, 0) is 48.6 Å². The lowest BCUT2D eigenvalue weighted by Crippen LogP contribution is -2.40. The number of carbonyl (C=O) groups is 1. The highest BCUT2D eigenvalue weighted by Crippen LogP contribution is 2.25. The number of fused-ring (bicyclic) bond motifs is 1. The number of amides is 1. The summed E-state index contributed by atoms with van der Waals surface area (Å²) in [6.45, 7) is 2.04. The molecule has 0 saturated carbocycles. The van der Waals surface area contributed by atoms with Gasteiger partial charge in [-0.15, -0.1) is 26.6 Å². The number of piperidine rings is 1. The molecule has 0 bridgehead atoms. The highest BCUT2D eigenvalue weighted by molar-refractivity contribution is 7.09. The van der Waals surface area contributed by atoms with E-state index in [2.05, 4.69) is 25.5 Å². The molecule has 3 aromatic heterocycles. The van der Waals surface area contributed by atoms with Crippen molar-refractivity contribution in [2.24, 2.45) is 5.92 Å². The quantitative estimate of drug-likeness (QED) is 0.518. The molecule has 1 aliphatic heterocycles. The summed E-state index contributed by atoms with van der Waals surface area (Å²) in [5.74, 6) is 0.888. The average Bonchev–Trinajstić information content (AvgIpc) is 3.47. The SMILES string of the molecule is O=C(NCc1cccs1)C1CCN(c2ccc3nnc(-c4ccccc4F)n3n2)CC1. The smallest absolute Gasteiger partial charge is 0.223 e. The Bertz CT molecular complexity index is 1200. The van der Waals surface area contributed by atoms with E-state index in [0.717, 1.165) is 36.6 Å². The van der Waals surface area contributed by atoms with Gasteiger partial charge in [0.2, 0.25) is 5.91 Å². The molecule has 0 atom stereocenters. The summed E-state index contributed by atoms with van der Waals surface area (Å²) in [6.07, 6.45) is 1.52. The van der Waals surface area contributed by atoms with Gasteiger partial charge in [-0.3, -0.25) is 4.79 Å². The molecule has 31 heavy (non-hydrogen) atoms. The maximum absolute atomic E-state index is 14.3. The van der Waals surface area contributed by atoms with Crippen molar-refractivity contribution in [1.29, 1.82) is 0 Å². The molecule has 1 fully saturated rings. The molecular weight excluding hydrogens is 415 g/mol. The van der Waals surface area contributed by atoms with E-state index in [9.17, 15) is 9.18 Å². The summed E-state index contributed by atoms with van der Waals surface area (Å²) in [6, 6.07) is 14.2. The van der Waals surface area contributed by atoms with Crippen molar-refractivity contribution in [3.05, 3.63) is 64.6 Å². The van der Waals surface area contributed by atoms with Crippen LogP contribution in [0, 0.1) is 11.7 Å². The number of hydrogen-bond donors (Lipinski definition) is 1. The maximum atomic E-state index is 14.3. The van der Waals surface area contributed by atoms with Gasteiger partial charge in [0.05, 0.1) is 12.1 Å². The molecule has 4 heterocycles. The standard InChI is InChI=1S/C22H21FN6OS/c23-18-6-2-1-5-17(18)21-26-25-19-7-8-20(27-29(19)21)28-11-9-15(10-12-28)22(30)24-14-16-4-3-13-31-16/h1-8,13,15H,9-12,14H2,(H,24,30). The first kappa shape index (κ1) is 19.6. The first-order chi connectivity index (χ1) is 15.2. The zero-order valence-electron chi connectivity index (χ0n) is 16.7. The van der Waals surface area contributed by atoms with Crippen LogP contribution in [0.15, 0.2) is 53.9 Å². The van der Waals surface area contributed by atoms with Crippen LogP contribution in [-0.4, -0.2) is 38.8 Å². The second-order valence-corrected chi connectivity index (χ2v) is 8.56. The molecule has 5 rings (SSSR count). The Morgan fingerprint density at radius 3 is 2.71 bits per heavy atom. The topological polar surface area (TPSA) is 75.4 Å². The van der Waals surface area contributed by atoms with E-state index in [-0.39, 0.29) is 17.6 Å². The van der Waals surface area contributed by atoms with Crippen LogP contribution in [0.3, 0.4) is 0 Å². The molecule has 1 saturated heterocycles. The van der Waals surface area contributed by atoms with Gasteiger partial charge < -0.3 is 10.2 Å². The molecule has 1 N–H and O–H groups in total. The molecule has 1 aromatic carbocycles. The number of aromatic nitrogens is 4. The third kappa shape index (κ3) is 4.00. The Kier molecular flexibility index (Phi) is 5.33. The van der Waals surface area contributed by atoms with Crippen molar-refractivity contribution in [2.75, 3.05) is 18.0 Å². The fraction of sp³-hybridized carbons (Fsp3) is 0.273. The largest absolute Gasteiger partial charge is 0.355 e. The normalized spacial score (nSPS) is 14.8. The number of thiophene rings is 1. The molecule has 1 amide bonds. The van der Waals surface area contributed by atoms with E-state index in [1.807, 2.05) is 29.6 Å². The summed E-state index contributed by atoms with van der Waals surface area (Å²) >= 11 is 1.64. The van der Waals surface area contributed by atoms with Crippen LogP contribution in [0.2, 0.25) is 0 Å². The van der Waals surface area contributed by atoms with Gasteiger partial charge in [0.15, 0.2) is 11.5 Å². The van der Waals surface area contributed by atoms with Crippen molar-refractivity contribution in [2.45, 2.75) is 19.4 Å². The molecule has 1 aliphatic rings. The molecule has 0 unspecified atom stereocenters. The molecule has 9 heteroatoms. The number of nitrogens with zero attached hydrogens (tertiary/aromatic N) is 5. The highest BCUT2D eigenvalue weighted by atomic mass is 32.1. The monoisotopic (exact) mass is 436 g/mol. The number of rotatable bonds is 5. The summed E-state index contributed by atoms with van der Waals surface area (Å²) < 4.78 is 15.8. The van der Waals surface area contributed by atoms with Crippen LogP contribution in [-0.2, 0) is 11.3 Å². The zero-order valence-corrected chi connectivity index (χ0v) is 17.6. The Labute approximate surface area is 182 Å². The van der Waals surface area contributed by atoms with Gasteiger partial charge in [-0.2, -0.15) is 4.52 Å². The number of hydrogen-bond acceptors (Lipinski definition) is 6. The molecule has 0 radical (unpaired) electrons. The Morgan fingerprint density at radius 2 is 1.94 bits per heavy atom. The molecule has 4 aromatic rings. The Balaban J connectivity index is 1.28. The second-order valence-electron chi connectivity index (χ2n) is 7.52. The van der Waals surface area contributed by atoms with Gasteiger partial charge in [0, 0.05) is 23.9 Å². The minimum Gasteiger partial charge on any atom is -0.355 e. The van der Waals surface area contributed by atoms with Crippen molar-refractivity contribution in [3.8, 4) is 11.4 Å². The summed E-state index contributed by atoms with van der Waals surface area (Å²) in [7, 11) is 0. The predicted octanol–water partition coefficient (Wildman–Crippen LogP) is 3.52. The van der Waals surface area contributed by atoms with Crippen LogP contribution in [0.25, 0.3) is 17.0 Å². The lowest BCUT2D eigenvalue weighted by Gasteiger charge is -2.32. The van der Waals surface area contributed by atoms with Crippen LogP contribution in [0.4, 0.5) is 10.2 Å². The minimum absolute atomic E-state index is 0.00355. The number of anilines is 1. The van der Waals surface area contributed by atoms with E-state index < -0.39 is 0 Å². The predicted molar refractivity (Wildman–Crippen MR) is 117 cm³/mol. The maximum Gasteiger partial charge on any atom is 0.223 e. The molecular formula is C22H21FN6OS. The second kappa shape index (κ2) is 8.43. The zero-order chi connectivity index (χ0) is 21.2. The van der Waals surface area contributed by atoms with E-state index in [0.29, 0.717) is 23.6 Å². The molecule has 0 aliphatic carbocycles. The van der Waals surface area contributed by atoms with E-state index in [1.54, 1.807) is 34.1 Å². The Hall–Kier alpha value is -3.33. The van der Waals surface area contributed by atoms with E-state index in [1.165, 1.54) is 6.07 Å². The molecule has 7 nitrogen and oxygen atoms in total. The molecule has 158 valence electrons. The first-order valence-electron chi connectivity index (χ1n) is 10.2. The lowest BCUT2D eigenvalue weighted by molar-refractivity contribution is -0.125. The van der Waals surface area contributed by atoms with Crippen molar-refractivity contribution < 1.29 is 9.18 Å². The number of halogens is 1. The van der Waals surface area contributed by atoms with Crippen molar-refractivity contribution in [3.63, 3.8) is 0 Å². The van der Waals surface area contributed by atoms with E-state index >= 15 is 0 Å². The lowest BCUT2D eigenvalue weighted by atomic mass is 9.96. The highest BCUT2D eigenvalue weighted by Gasteiger charge is 2.26. The minimum atomic E-state index is -0.363. The summed E-state index contributed by atoms with van der Waals surface area (Å²) in [5.41, 5.74) is 0.922. The summed E-state index contributed by atoms with van der Waals surface area (Å²) in [5, 5.41) is 18.0. The van der Waals surface area contributed by atoms with Crippen LogP contribution in [0.1, 0.15) is 17.7 Å². The first-order valence-corrected chi connectivity index (χ1v) is 11.1. The van der Waals surface area contributed by atoms with Gasteiger partial charge in [-0.25, -0.2) is 4.39 Å². The van der Waals surface area contributed by atoms with Crippen LogP contribution >= 0.6 is 11.3 Å². The molecule has 0 spiro atoms. The van der Waals surface area contributed by atoms with Gasteiger partial charge in [0.25, 0.3) is 0 Å². The third-order valence-electron chi connectivity index (χ3n) is 5.57. The third-order valence-corrected chi connectivity index (χ3v) is 6.45. The fourth-order valence-electron chi connectivity index (χ4n) is 3.86. The van der Waals surface area contributed by atoms with Crippen LogP contribution < -0.4 is 10.2 Å². The average molecular weight is 437 g/mol. The summed E-state index contributed by atoms with van der Waals surface area (Å²) in [4.78, 5) is 15.8. The van der Waals surface area contributed by atoms with Gasteiger partial charge >= 0.3 is 0 Å². The Morgan fingerprint density at radius 1 is 1.10 bits per heavy atom. The van der Waals surface area contributed by atoms with Crippen LogP contribution in [0.5, 0.6) is 0 Å². The fourth-order valence-corrected chi connectivity index (χ4v) is 4.51.